The average Bonchev–Trinajstić information content (AvgIpc) is 3.54. The van der Waals surface area contributed by atoms with Gasteiger partial charge in [0, 0.05) is 50.2 Å². The highest BCUT2D eigenvalue weighted by Gasteiger charge is 2.18. The lowest BCUT2D eigenvalue weighted by Crippen LogP contribution is -2.30. The molecule has 0 aliphatic carbocycles. The molecule has 7 aromatic rings. The number of rotatable bonds is 13. The van der Waals surface area contributed by atoms with E-state index in [-0.39, 0.29) is 16.9 Å². The van der Waals surface area contributed by atoms with Crippen LogP contribution in [-0.2, 0) is 22.7 Å². The maximum Gasteiger partial charge on any atom is 0.272 e. The topological polar surface area (TPSA) is 101 Å². The molecule has 9 heteroatoms. The lowest BCUT2D eigenvalue weighted by atomic mass is 10.1. The summed E-state index contributed by atoms with van der Waals surface area (Å²) in [7, 11) is 0. The number of nitrogens with one attached hydrogen (secondary N) is 3. The van der Waals surface area contributed by atoms with Crippen LogP contribution in [-0.4, -0.2) is 27.5 Å². The highest BCUT2D eigenvalue weighted by Crippen LogP contribution is 2.32. The summed E-state index contributed by atoms with van der Waals surface area (Å²) in [6.07, 6.45) is 1.63. The fourth-order valence-corrected chi connectivity index (χ4v) is 7.17. The van der Waals surface area contributed by atoms with Crippen molar-refractivity contribution in [3.8, 4) is 5.75 Å². The van der Waals surface area contributed by atoms with E-state index in [1.165, 1.54) is 17.3 Å². The fraction of sp³-hybridized carbons (Fsp3) is 0.109. The quantitative estimate of drug-likeness (QED) is 0.0806. The van der Waals surface area contributed by atoms with Gasteiger partial charge in [-0.2, -0.15) is 0 Å². The Morgan fingerprint density at radius 1 is 0.709 bits per heavy atom. The van der Waals surface area contributed by atoms with E-state index in [4.69, 9.17) is 4.74 Å². The Hall–Kier alpha value is -6.58. The van der Waals surface area contributed by atoms with Gasteiger partial charge in [-0.15, -0.1) is 11.8 Å². The molecule has 0 saturated heterocycles. The molecule has 0 fully saturated rings. The minimum Gasteiger partial charge on any atom is -0.489 e. The number of amides is 3. The van der Waals surface area contributed by atoms with Crippen LogP contribution in [0.25, 0.3) is 27.9 Å². The largest absolute Gasteiger partial charge is 0.489 e. The molecule has 0 aliphatic rings. The van der Waals surface area contributed by atoms with Gasteiger partial charge in [-0.3, -0.25) is 14.4 Å². The van der Waals surface area contributed by atoms with Crippen molar-refractivity contribution in [2.24, 2.45) is 0 Å². The first-order chi connectivity index (χ1) is 26.8. The summed E-state index contributed by atoms with van der Waals surface area (Å²) in [5, 5.41) is 10.6. The third kappa shape index (κ3) is 8.97. The number of hydrogen-bond donors (Lipinski definition) is 3. The summed E-state index contributed by atoms with van der Waals surface area (Å²) in [4.78, 5) is 40.9. The number of hydrogen-bond acceptors (Lipinski definition) is 5. The summed E-state index contributed by atoms with van der Waals surface area (Å²) in [6.45, 7) is 5.29. The molecular formula is C46H40N4O4S. The molecule has 1 unspecified atom stereocenters. The van der Waals surface area contributed by atoms with Gasteiger partial charge in [0.15, 0.2) is 0 Å². The lowest BCUT2D eigenvalue weighted by molar-refractivity contribution is -0.115. The zero-order chi connectivity index (χ0) is 38.1. The van der Waals surface area contributed by atoms with Crippen LogP contribution in [0.5, 0.6) is 5.75 Å². The summed E-state index contributed by atoms with van der Waals surface area (Å²) in [5.74, 6) is -0.319. The first-order valence-electron chi connectivity index (χ1n) is 18.1. The molecule has 0 saturated carbocycles. The molecule has 8 nitrogen and oxygen atoms in total. The van der Waals surface area contributed by atoms with E-state index in [2.05, 4.69) is 45.6 Å². The van der Waals surface area contributed by atoms with Gasteiger partial charge in [0.1, 0.15) is 18.1 Å². The summed E-state index contributed by atoms with van der Waals surface area (Å²) in [6, 6.07) is 47.5. The molecule has 6 aromatic carbocycles. The standard InChI is InChI=1S/C46H40N4O4S/c1-3-50-42-17-11-10-16-39(42)40-29-36(22-27-43(40)50)48-44(51)31(2)55-38-25-20-35(21-26-38)47-46(53)41(49-45(52)34-14-8-5-9-15-34)28-32-18-23-37(24-19-32)54-30-33-12-6-4-7-13-33/h4-29,31H,3,30H2,1-2H3,(H,47,53)(H,48,51)(H,49,52)/b41-28-. The van der Waals surface area contributed by atoms with Gasteiger partial charge in [-0.1, -0.05) is 78.9 Å². The third-order valence-corrected chi connectivity index (χ3v) is 10.2. The van der Waals surface area contributed by atoms with Crippen molar-refractivity contribution in [1.29, 1.82) is 0 Å². The third-order valence-electron chi connectivity index (χ3n) is 9.12. The molecule has 7 rings (SSSR count). The number of para-hydroxylation sites is 1. The molecule has 0 spiro atoms. The molecule has 0 radical (unpaired) electrons. The monoisotopic (exact) mass is 744 g/mol. The second-order valence-electron chi connectivity index (χ2n) is 12.9. The Kier molecular flexibility index (Phi) is 11.4. The number of benzene rings is 6. The zero-order valence-electron chi connectivity index (χ0n) is 30.5. The maximum absolute atomic E-state index is 13.6. The van der Waals surface area contributed by atoms with Crippen LogP contribution in [0.4, 0.5) is 11.4 Å². The van der Waals surface area contributed by atoms with Crippen molar-refractivity contribution in [3.63, 3.8) is 0 Å². The molecular weight excluding hydrogens is 705 g/mol. The Bertz CT molecular complexity index is 2480. The summed E-state index contributed by atoms with van der Waals surface area (Å²) < 4.78 is 8.19. The second-order valence-corrected chi connectivity index (χ2v) is 14.4. The minimum absolute atomic E-state index is 0.0768. The summed E-state index contributed by atoms with van der Waals surface area (Å²) in [5.41, 5.74) is 5.86. The molecule has 1 heterocycles. The first kappa shape index (κ1) is 36.8. The molecule has 274 valence electrons. The average molecular weight is 745 g/mol. The van der Waals surface area contributed by atoms with Gasteiger partial charge in [0.2, 0.25) is 5.91 Å². The van der Waals surface area contributed by atoms with Crippen molar-refractivity contribution in [2.75, 3.05) is 10.6 Å². The van der Waals surface area contributed by atoms with E-state index in [9.17, 15) is 14.4 Å². The molecule has 1 atom stereocenters. The van der Waals surface area contributed by atoms with Gasteiger partial charge in [0.05, 0.1) is 5.25 Å². The Labute approximate surface area is 324 Å². The first-order valence-corrected chi connectivity index (χ1v) is 19.0. The van der Waals surface area contributed by atoms with Crippen molar-refractivity contribution in [3.05, 3.63) is 174 Å². The minimum atomic E-state index is -0.485. The van der Waals surface area contributed by atoms with Gasteiger partial charge < -0.3 is 25.3 Å². The number of carbonyl (C=O) groups is 3. The fourth-order valence-electron chi connectivity index (χ4n) is 6.30. The highest BCUT2D eigenvalue weighted by molar-refractivity contribution is 8.00. The van der Waals surface area contributed by atoms with Crippen molar-refractivity contribution < 1.29 is 19.1 Å². The van der Waals surface area contributed by atoms with Crippen molar-refractivity contribution in [2.45, 2.75) is 37.1 Å². The van der Waals surface area contributed by atoms with E-state index in [1.54, 1.807) is 42.5 Å². The SMILES string of the molecule is CCn1c2ccccc2c2cc(NC(=O)C(C)Sc3ccc(NC(=O)/C(=C/c4ccc(OCc5ccccc5)cc4)NC(=O)c4ccccc4)cc3)ccc21. The normalized spacial score (nSPS) is 11.9. The number of ether oxygens (including phenoxy) is 1. The molecule has 3 amide bonds. The number of aromatic nitrogens is 1. The smallest absolute Gasteiger partial charge is 0.272 e. The van der Waals surface area contributed by atoms with Crippen molar-refractivity contribution >= 4 is 68.7 Å². The number of anilines is 2. The van der Waals surface area contributed by atoms with Crippen LogP contribution in [0.3, 0.4) is 0 Å². The number of thioether (sulfide) groups is 1. The van der Waals surface area contributed by atoms with Gasteiger partial charge in [-0.25, -0.2) is 0 Å². The van der Waals surface area contributed by atoms with Crippen LogP contribution in [0.1, 0.15) is 35.3 Å². The van der Waals surface area contributed by atoms with Crippen molar-refractivity contribution in [1.82, 2.24) is 9.88 Å². The molecule has 0 aliphatic heterocycles. The van der Waals surface area contributed by atoms with Crippen LogP contribution >= 0.6 is 11.8 Å². The van der Waals surface area contributed by atoms with E-state index in [0.717, 1.165) is 39.0 Å². The number of carbonyl (C=O) groups excluding carboxylic acids is 3. The van der Waals surface area contributed by atoms with Gasteiger partial charge in [0.25, 0.3) is 11.8 Å². The van der Waals surface area contributed by atoms with Crippen LogP contribution < -0.4 is 20.7 Å². The van der Waals surface area contributed by atoms with E-state index in [0.29, 0.717) is 29.2 Å². The van der Waals surface area contributed by atoms with E-state index < -0.39 is 11.8 Å². The lowest BCUT2D eigenvalue weighted by Gasteiger charge is -2.14. The number of aryl methyl sites for hydroxylation is 1. The molecule has 55 heavy (non-hydrogen) atoms. The maximum atomic E-state index is 13.6. The van der Waals surface area contributed by atoms with E-state index >= 15 is 0 Å². The molecule has 3 N–H and O–H groups in total. The predicted octanol–water partition coefficient (Wildman–Crippen LogP) is 9.92. The summed E-state index contributed by atoms with van der Waals surface area (Å²) >= 11 is 1.42. The van der Waals surface area contributed by atoms with E-state index in [1.807, 2.05) is 104 Å². The highest BCUT2D eigenvalue weighted by atomic mass is 32.2. The molecule has 1 aromatic heterocycles. The number of nitrogens with zero attached hydrogens (tertiary/aromatic N) is 1. The number of fused-ring (bicyclic) bond motifs is 3. The Morgan fingerprint density at radius 3 is 2.09 bits per heavy atom. The Morgan fingerprint density at radius 2 is 1.36 bits per heavy atom. The Balaban J connectivity index is 1.00. The van der Waals surface area contributed by atoms with Gasteiger partial charge >= 0.3 is 0 Å². The van der Waals surface area contributed by atoms with Crippen LogP contribution in [0.2, 0.25) is 0 Å². The second kappa shape index (κ2) is 17.0. The van der Waals surface area contributed by atoms with Crippen LogP contribution in [0.15, 0.2) is 162 Å². The molecule has 0 bridgehead atoms. The van der Waals surface area contributed by atoms with Gasteiger partial charge in [-0.05, 0) is 104 Å². The zero-order valence-corrected chi connectivity index (χ0v) is 31.3. The van der Waals surface area contributed by atoms with Crippen LogP contribution in [0, 0.1) is 0 Å². The predicted molar refractivity (Wildman–Crippen MR) is 223 cm³/mol.